The number of aromatic nitrogens is 1. The van der Waals surface area contributed by atoms with Gasteiger partial charge >= 0.3 is 0 Å². The highest BCUT2D eigenvalue weighted by molar-refractivity contribution is 6.16. The van der Waals surface area contributed by atoms with Gasteiger partial charge in [0.2, 0.25) is 17.6 Å². The first kappa shape index (κ1) is 18.6. The number of amides is 2. The van der Waals surface area contributed by atoms with Crippen LogP contribution in [0.5, 0.6) is 17.2 Å². The topological polar surface area (TPSA) is 112 Å². The monoisotopic (exact) mass is 375 g/mol. The largest absolute Gasteiger partial charge is 0.493 e. The number of hydrogen-bond acceptors (Lipinski definition) is 7. The first-order valence-electron chi connectivity index (χ1n) is 8.29. The molecule has 1 aliphatic rings. The molecule has 2 N–H and O–H groups in total. The van der Waals surface area contributed by atoms with Crippen molar-refractivity contribution in [1.82, 2.24) is 5.16 Å². The fraction of sp³-hybridized carbons (Fsp3) is 0.389. The standard InChI is InChI=1S/C18H21N3O6/c1-10-7-14(21-27-10)20-17(23)18(5-6-18)16(22)19-11-8-12(24-2)15(26-4)13(9-11)25-3/h7-9H,5-6H2,1-4H3,(H,19,22)(H,20,21,23). The molecule has 1 aliphatic carbocycles. The van der Waals surface area contributed by atoms with Gasteiger partial charge in [0, 0.05) is 23.9 Å². The molecule has 144 valence electrons. The Labute approximate surface area is 155 Å². The number of rotatable bonds is 7. The molecule has 1 heterocycles. The number of nitrogens with zero attached hydrogens (tertiary/aromatic N) is 1. The molecule has 1 aromatic heterocycles. The fourth-order valence-corrected chi connectivity index (χ4v) is 2.75. The lowest BCUT2D eigenvalue weighted by molar-refractivity contribution is -0.131. The molecule has 9 nitrogen and oxygen atoms in total. The number of hydrogen-bond donors (Lipinski definition) is 2. The lowest BCUT2D eigenvalue weighted by Crippen LogP contribution is -2.35. The van der Waals surface area contributed by atoms with Crippen LogP contribution in [0, 0.1) is 12.3 Å². The van der Waals surface area contributed by atoms with E-state index in [-0.39, 0.29) is 5.82 Å². The van der Waals surface area contributed by atoms with Crippen molar-refractivity contribution in [1.29, 1.82) is 0 Å². The van der Waals surface area contributed by atoms with Gasteiger partial charge in [-0.25, -0.2) is 0 Å². The van der Waals surface area contributed by atoms with Gasteiger partial charge < -0.3 is 29.4 Å². The van der Waals surface area contributed by atoms with E-state index in [1.807, 2.05) is 0 Å². The summed E-state index contributed by atoms with van der Waals surface area (Å²) >= 11 is 0. The second-order valence-electron chi connectivity index (χ2n) is 6.23. The Balaban J connectivity index is 1.77. The van der Waals surface area contributed by atoms with Crippen molar-refractivity contribution >= 4 is 23.3 Å². The van der Waals surface area contributed by atoms with E-state index < -0.39 is 17.2 Å². The van der Waals surface area contributed by atoms with E-state index in [2.05, 4.69) is 15.8 Å². The normalized spacial score (nSPS) is 14.2. The summed E-state index contributed by atoms with van der Waals surface area (Å²) in [7, 11) is 4.46. The van der Waals surface area contributed by atoms with Crippen LogP contribution in [0.3, 0.4) is 0 Å². The van der Waals surface area contributed by atoms with Gasteiger partial charge in [-0.05, 0) is 19.8 Å². The zero-order valence-corrected chi connectivity index (χ0v) is 15.5. The number of anilines is 2. The van der Waals surface area contributed by atoms with Crippen molar-refractivity contribution in [3.8, 4) is 17.2 Å². The molecule has 1 aromatic carbocycles. The molecule has 27 heavy (non-hydrogen) atoms. The van der Waals surface area contributed by atoms with Crippen molar-refractivity contribution in [3.63, 3.8) is 0 Å². The Morgan fingerprint density at radius 2 is 1.59 bits per heavy atom. The molecule has 0 unspecified atom stereocenters. The number of carbonyl (C=O) groups excluding carboxylic acids is 2. The van der Waals surface area contributed by atoms with Crippen LogP contribution in [0.25, 0.3) is 0 Å². The highest BCUT2D eigenvalue weighted by Gasteiger charge is 2.56. The molecule has 9 heteroatoms. The maximum Gasteiger partial charge on any atom is 0.241 e. The fourth-order valence-electron chi connectivity index (χ4n) is 2.75. The highest BCUT2D eigenvalue weighted by atomic mass is 16.5. The van der Waals surface area contributed by atoms with E-state index in [1.165, 1.54) is 21.3 Å². The lowest BCUT2D eigenvalue weighted by atomic mass is 10.0. The molecule has 2 amide bonds. The second-order valence-corrected chi connectivity index (χ2v) is 6.23. The van der Waals surface area contributed by atoms with Crippen LogP contribution >= 0.6 is 0 Å². The summed E-state index contributed by atoms with van der Waals surface area (Å²) in [6, 6.07) is 4.80. The zero-order valence-electron chi connectivity index (χ0n) is 15.5. The third-order valence-electron chi connectivity index (χ3n) is 4.41. The van der Waals surface area contributed by atoms with E-state index in [0.29, 0.717) is 41.5 Å². The van der Waals surface area contributed by atoms with E-state index in [4.69, 9.17) is 18.7 Å². The Morgan fingerprint density at radius 3 is 2.04 bits per heavy atom. The Hall–Kier alpha value is -3.23. The first-order chi connectivity index (χ1) is 12.9. The summed E-state index contributed by atoms with van der Waals surface area (Å²) in [5, 5.41) is 9.10. The minimum absolute atomic E-state index is 0.282. The predicted molar refractivity (Wildman–Crippen MR) is 96.3 cm³/mol. The minimum atomic E-state index is -1.13. The number of ether oxygens (including phenoxy) is 3. The molecule has 1 saturated carbocycles. The van der Waals surface area contributed by atoms with Gasteiger partial charge in [-0.1, -0.05) is 5.16 Å². The smallest absolute Gasteiger partial charge is 0.241 e. The summed E-state index contributed by atoms with van der Waals surface area (Å²) in [4.78, 5) is 25.3. The van der Waals surface area contributed by atoms with Gasteiger partial charge in [0.05, 0.1) is 21.3 Å². The molecule has 1 fully saturated rings. The number of benzene rings is 1. The van der Waals surface area contributed by atoms with Gasteiger partial charge in [-0.3, -0.25) is 9.59 Å². The summed E-state index contributed by atoms with van der Waals surface area (Å²) in [6.45, 7) is 1.71. The molecule has 2 aromatic rings. The molecule has 0 bridgehead atoms. The number of aryl methyl sites for hydroxylation is 1. The minimum Gasteiger partial charge on any atom is -0.493 e. The first-order valence-corrected chi connectivity index (χ1v) is 8.29. The van der Waals surface area contributed by atoms with Crippen molar-refractivity contribution in [2.24, 2.45) is 5.41 Å². The van der Waals surface area contributed by atoms with Crippen LogP contribution in [-0.2, 0) is 9.59 Å². The third kappa shape index (κ3) is 3.53. The quantitative estimate of drug-likeness (QED) is 0.715. The van der Waals surface area contributed by atoms with Crippen molar-refractivity contribution in [2.75, 3.05) is 32.0 Å². The van der Waals surface area contributed by atoms with Crippen LogP contribution < -0.4 is 24.8 Å². The maximum absolute atomic E-state index is 12.8. The number of methoxy groups -OCH3 is 3. The number of carbonyl (C=O) groups is 2. The average Bonchev–Trinajstić information content (AvgIpc) is 3.38. The van der Waals surface area contributed by atoms with Crippen LogP contribution in [0.4, 0.5) is 11.5 Å². The molecule has 0 aliphatic heterocycles. The summed E-state index contributed by atoms with van der Waals surface area (Å²) in [5.74, 6) is 1.24. The highest BCUT2D eigenvalue weighted by Crippen LogP contribution is 2.48. The predicted octanol–water partition coefficient (Wildman–Crippen LogP) is 2.37. The molecular weight excluding hydrogens is 354 g/mol. The summed E-state index contributed by atoms with van der Waals surface area (Å²) in [5.41, 5.74) is -0.696. The Bertz CT molecular complexity index is 847. The van der Waals surface area contributed by atoms with Crippen molar-refractivity contribution in [3.05, 3.63) is 24.0 Å². The SMILES string of the molecule is COc1cc(NC(=O)C2(C(=O)Nc3cc(C)on3)CC2)cc(OC)c1OC. The number of nitrogens with one attached hydrogen (secondary N) is 2. The van der Waals surface area contributed by atoms with Crippen LogP contribution in [0.15, 0.2) is 22.7 Å². The van der Waals surface area contributed by atoms with Gasteiger partial charge in [0.15, 0.2) is 17.3 Å². The molecule has 0 spiro atoms. The summed E-state index contributed by atoms with van der Waals surface area (Å²) < 4.78 is 20.7. The van der Waals surface area contributed by atoms with Crippen LogP contribution in [0.1, 0.15) is 18.6 Å². The molecule has 0 radical (unpaired) electrons. The molecule has 3 rings (SSSR count). The molecule has 0 saturated heterocycles. The van der Waals surface area contributed by atoms with Gasteiger partial charge in [0.1, 0.15) is 11.2 Å². The lowest BCUT2D eigenvalue weighted by Gasteiger charge is -2.17. The van der Waals surface area contributed by atoms with E-state index in [1.54, 1.807) is 25.1 Å². The van der Waals surface area contributed by atoms with Crippen molar-refractivity contribution in [2.45, 2.75) is 19.8 Å². The van der Waals surface area contributed by atoms with E-state index >= 15 is 0 Å². The Morgan fingerprint density at radius 1 is 1.00 bits per heavy atom. The maximum atomic E-state index is 12.8. The van der Waals surface area contributed by atoms with Crippen LogP contribution in [0.2, 0.25) is 0 Å². The second kappa shape index (κ2) is 7.18. The molecular formula is C18H21N3O6. The third-order valence-corrected chi connectivity index (χ3v) is 4.41. The van der Waals surface area contributed by atoms with E-state index in [0.717, 1.165) is 0 Å². The molecule has 0 atom stereocenters. The Kier molecular flexibility index (Phi) is 4.93. The van der Waals surface area contributed by atoms with Gasteiger partial charge in [-0.2, -0.15) is 0 Å². The summed E-state index contributed by atoms with van der Waals surface area (Å²) in [6.07, 6.45) is 0.901. The zero-order chi connectivity index (χ0) is 19.6. The van der Waals surface area contributed by atoms with Gasteiger partial charge in [-0.15, -0.1) is 0 Å². The van der Waals surface area contributed by atoms with E-state index in [9.17, 15) is 9.59 Å². The average molecular weight is 375 g/mol. The van der Waals surface area contributed by atoms with Crippen LogP contribution in [-0.4, -0.2) is 38.3 Å². The van der Waals surface area contributed by atoms with Crippen molar-refractivity contribution < 1.29 is 28.3 Å². The van der Waals surface area contributed by atoms with Gasteiger partial charge in [0.25, 0.3) is 0 Å².